The lowest BCUT2D eigenvalue weighted by Gasteiger charge is -2.54. The lowest BCUT2D eigenvalue weighted by molar-refractivity contribution is -0.738. The Labute approximate surface area is 92.0 Å². The van der Waals surface area contributed by atoms with Crippen LogP contribution in [0.25, 0.3) is 0 Å². The van der Waals surface area contributed by atoms with Gasteiger partial charge in [-0.2, -0.15) is 5.26 Å². The van der Waals surface area contributed by atoms with Crippen LogP contribution in [0.1, 0.15) is 44.9 Å². The summed E-state index contributed by atoms with van der Waals surface area (Å²) in [5.41, 5.74) is 0.575. The van der Waals surface area contributed by atoms with Gasteiger partial charge in [0.25, 0.3) is 0 Å². The average Bonchev–Trinajstić information content (AvgIpc) is 2.15. The van der Waals surface area contributed by atoms with Crippen LogP contribution in [-0.4, -0.2) is 12.1 Å². The molecule has 0 aromatic heterocycles. The van der Waals surface area contributed by atoms with E-state index >= 15 is 0 Å². The Morgan fingerprint density at radius 2 is 1.60 bits per heavy atom. The van der Waals surface area contributed by atoms with Crippen molar-refractivity contribution in [3.05, 3.63) is 0 Å². The van der Waals surface area contributed by atoms with E-state index in [1.54, 1.807) is 0 Å². The van der Waals surface area contributed by atoms with E-state index in [-0.39, 0.29) is 0 Å². The van der Waals surface area contributed by atoms with E-state index in [4.69, 9.17) is 5.26 Å². The molecule has 15 heavy (non-hydrogen) atoms. The quantitative estimate of drug-likeness (QED) is 0.696. The lowest BCUT2D eigenvalue weighted by atomic mass is 9.53. The maximum absolute atomic E-state index is 8.61. The van der Waals surface area contributed by atoms with Crippen molar-refractivity contribution in [2.75, 3.05) is 6.54 Å². The second kappa shape index (κ2) is 3.49. The summed E-state index contributed by atoms with van der Waals surface area (Å²) in [5.74, 6) is 3.11. The number of nitriles is 1. The number of rotatable bonds is 3. The zero-order valence-corrected chi connectivity index (χ0v) is 9.41. The molecule has 4 rings (SSSR count). The molecule has 4 saturated carbocycles. The van der Waals surface area contributed by atoms with Gasteiger partial charge in [0.2, 0.25) is 0 Å². The monoisotopic (exact) mass is 205 g/mol. The van der Waals surface area contributed by atoms with Crippen LogP contribution in [0.5, 0.6) is 0 Å². The van der Waals surface area contributed by atoms with Crippen molar-refractivity contribution in [3.63, 3.8) is 0 Å². The highest BCUT2D eigenvalue weighted by Gasteiger charge is 2.53. The molecule has 0 unspecified atom stereocenters. The van der Waals surface area contributed by atoms with E-state index in [2.05, 4.69) is 11.4 Å². The third kappa shape index (κ3) is 1.67. The Morgan fingerprint density at radius 3 is 2.07 bits per heavy atom. The predicted octanol–water partition coefficient (Wildman–Crippen LogP) is 1.43. The summed E-state index contributed by atoms with van der Waals surface area (Å²) in [5, 5.41) is 11.1. The number of quaternary nitrogens is 1. The van der Waals surface area contributed by atoms with Crippen LogP contribution in [0.4, 0.5) is 0 Å². The van der Waals surface area contributed by atoms with Crippen molar-refractivity contribution in [1.29, 1.82) is 5.26 Å². The van der Waals surface area contributed by atoms with Crippen LogP contribution in [-0.2, 0) is 0 Å². The Balaban J connectivity index is 1.68. The summed E-state index contributed by atoms with van der Waals surface area (Å²) >= 11 is 0. The fraction of sp³-hybridized carbons (Fsp3) is 0.923. The van der Waals surface area contributed by atoms with Crippen LogP contribution in [0.2, 0.25) is 0 Å². The smallest absolute Gasteiger partial charge is 0.0969 e. The van der Waals surface area contributed by atoms with E-state index in [9.17, 15) is 0 Å². The van der Waals surface area contributed by atoms with Crippen molar-refractivity contribution in [1.82, 2.24) is 0 Å². The molecule has 82 valence electrons. The molecule has 0 atom stereocenters. The zero-order chi connectivity index (χ0) is 10.3. The normalized spacial score (nSPS) is 46.7. The minimum absolute atomic E-state index is 0.575. The summed E-state index contributed by atoms with van der Waals surface area (Å²) in [4.78, 5) is 0. The first-order valence-electron chi connectivity index (χ1n) is 6.51. The molecule has 4 aliphatic carbocycles. The molecule has 0 aromatic carbocycles. The van der Waals surface area contributed by atoms with Gasteiger partial charge in [0, 0.05) is 19.3 Å². The van der Waals surface area contributed by atoms with E-state index in [1.165, 1.54) is 38.5 Å². The molecule has 4 aliphatic rings. The highest BCUT2D eigenvalue weighted by Crippen LogP contribution is 2.54. The van der Waals surface area contributed by atoms with E-state index < -0.39 is 0 Å². The Bertz CT molecular complexity index is 254. The lowest BCUT2D eigenvalue weighted by Crippen LogP contribution is -2.99. The van der Waals surface area contributed by atoms with Crippen molar-refractivity contribution in [3.8, 4) is 6.07 Å². The number of hydrogen-bond donors (Lipinski definition) is 1. The van der Waals surface area contributed by atoms with Gasteiger partial charge < -0.3 is 5.32 Å². The maximum atomic E-state index is 8.61. The van der Waals surface area contributed by atoms with Gasteiger partial charge in [-0.1, -0.05) is 0 Å². The van der Waals surface area contributed by atoms with Gasteiger partial charge in [-0.05, 0) is 37.0 Å². The standard InChI is InChI=1S/C13H20N2/c14-2-1-3-15-13-7-10-4-11(8-13)6-12(5-10)9-13/h10-12,15H,1,3-9H2/p+1. The minimum atomic E-state index is 0.575. The summed E-state index contributed by atoms with van der Waals surface area (Å²) in [6.07, 6.45) is 9.63. The first kappa shape index (κ1) is 9.66. The molecular weight excluding hydrogens is 184 g/mol. The molecule has 2 nitrogen and oxygen atoms in total. The fourth-order valence-electron chi connectivity index (χ4n) is 4.87. The summed E-state index contributed by atoms with van der Waals surface area (Å²) < 4.78 is 0. The zero-order valence-electron chi connectivity index (χ0n) is 9.41. The van der Waals surface area contributed by atoms with Crippen LogP contribution < -0.4 is 5.32 Å². The summed E-state index contributed by atoms with van der Waals surface area (Å²) in [6, 6.07) is 2.27. The molecule has 0 radical (unpaired) electrons. The second-order valence-electron chi connectivity index (χ2n) is 6.18. The number of nitrogens with zero attached hydrogens (tertiary/aromatic N) is 1. The molecule has 0 amide bonds. The molecule has 0 heterocycles. The van der Waals surface area contributed by atoms with E-state index in [1.807, 2.05) is 0 Å². The Morgan fingerprint density at radius 1 is 1.07 bits per heavy atom. The number of nitrogens with two attached hydrogens (primary N) is 1. The molecule has 0 saturated heterocycles. The third-order valence-electron chi connectivity index (χ3n) is 4.92. The molecule has 4 fully saturated rings. The first-order chi connectivity index (χ1) is 7.30. The van der Waals surface area contributed by atoms with Gasteiger partial charge in [-0.15, -0.1) is 0 Å². The van der Waals surface area contributed by atoms with E-state index in [0.29, 0.717) is 5.54 Å². The fourth-order valence-corrected chi connectivity index (χ4v) is 4.87. The minimum Gasteiger partial charge on any atom is -0.341 e. The highest BCUT2D eigenvalue weighted by atomic mass is 15.0. The SMILES string of the molecule is N#CCC[NH2+]C12CC3CC(CC(C3)C1)C2. The Hall–Kier alpha value is -0.550. The van der Waals surface area contributed by atoms with Gasteiger partial charge in [0.1, 0.15) is 0 Å². The maximum Gasteiger partial charge on any atom is 0.0969 e. The third-order valence-corrected chi connectivity index (χ3v) is 4.92. The molecule has 4 bridgehead atoms. The Kier molecular flexibility index (Phi) is 2.25. The van der Waals surface area contributed by atoms with Crippen molar-refractivity contribution in [2.45, 2.75) is 50.5 Å². The predicted molar refractivity (Wildman–Crippen MR) is 57.9 cm³/mol. The second-order valence-corrected chi connectivity index (χ2v) is 6.18. The highest BCUT2D eigenvalue weighted by molar-refractivity contribution is 5.01. The summed E-state index contributed by atoms with van der Waals surface area (Å²) in [6.45, 7) is 1.03. The van der Waals surface area contributed by atoms with Gasteiger partial charge in [0.15, 0.2) is 0 Å². The van der Waals surface area contributed by atoms with Gasteiger partial charge in [0.05, 0.1) is 24.6 Å². The summed E-state index contributed by atoms with van der Waals surface area (Å²) in [7, 11) is 0. The van der Waals surface area contributed by atoms with Crippen LogP contribution in [0.15, 0.2) is 0 Å². The topological polar surface area (TPSA) is 40.4 Å². The van der Waals surface area contributed by atoms with E-state index in [0.717, 1.165) is 30.7 Å². The van der Waals surface area contributed by atoms with Crippen molar-refractivity contribution in [2.24, 2.45) is 17.8 Å². The molecule has 2 heteroatoms. The van der Waals surface area contributed by atoms with Crippen LogP contribution in [0, 0.1) is 29.1 Å². The van der Waals surface area contributed by atoms with Gasteiger partial charge >= 0.3 is 0 Å². The molecule has 2 N–H and O–H groups in total. The largest absolute Gasteiger partial charge is 0.341 e. The van der Waals surface area contributed by atoms with Crippen LogP contribution >= 0.6 is 0 Å². The molecule has 0 aliphatic heterocycles. The average molecular weight is 205 g/mol. The van der Waals surface area contributed by atoms with Gasteiger partial charge in [-0.25, -0.2) is 0 Å². The van der Waals surface area contributed by atoms with Gasteiger partial charge in [-0.3, -0.25) is 0 Å². The van der Waals surface area contributed by atoms with Crippen molar-refractivity contribution >= 4 is 0 Å². The molecular formula is C13H21N2+. The number of hydrogen-bond acceptors (Lipinski definition) is 1. The molecule has 0 aromatic rings. The van der Waals surface area contributed by atoms with Crippen molar-refractivity contribution < 1.29 is 5.32 Å². The molecule has 0 spiro atoms. The first-order valence-corrected chi connectivity index (χ1v) is 6.51. The van der Waals surface area contributed by atoms with Crippen LogP contribution in [0.3, 0.4) is 0 Å².